The number of rotatable bonds is 7. The molecule has 158 valence electrons. The summed E-state index contributed by atoms with van der Waals surface area (Å²) in [5.74, 6) is -1.32. The molecule has 0 atom stereocenters. The normalized spacial score (nSPS) is 10.9. The van der Waals surface area contributed by atoms with Crippen LogP contribution >= 0.6 is 11.3 Å². The molecule has 1 amide bonds. The maximum absolute atomic E-state index is 12.9. The number of halogens is 1. The van der Waals surface area contributed by atoms with Gasteiger partial charge in [-0.3, -0.25) is 9.48 Å². The van der Waals surface area contributed by atoms with E-state index in [-0.39, 0.29) is 19.0 Å². The first-order valence-electron chi connectivity index (χ1n) is 9.69. The van der Waals surface area contributed by atoms with Gasteiger partial charge in [-0.1, -0.05) is 42.5 Å². The zero-order chi connectivity index (χ0) is 21.8. The highest BCUT2D eigenvalue weighted by atomic mass is 32.1. The number of ether oxygens (including phenoxy) is 1. The van der Waals surface area contributed by atoms with E-state index >= 15 is 0 Å². The summed E-state index contributed by atoms with van der Waals surface area (Å²) in [4.78, 5) is 25.7. The Labute approximate surface area is 182 Å². The van der Waals surface area contributed by atoms with Gasteiger partial charge in [0.1, 0.15) is 15.5 Å². The quantitative estimate of drug-likeness (QED) is 0.443. The van der Waals surface area contributed by atoms with Gasteiger partial charge in [0, 0.05) is 11.9 Å². The summed E-state index contributed by atoms with van der Waals surface area (Å²) in [5.41, 5.74) is 2.70. The van der Waals surface area contributed by atoms with Crippen LogP contribution in [0.2, 0.25) is 0 Å². The summed E-state index contributed by atoms with van der Waals surface area (Å²) in [6.45, 7) is 2.35. The number of hydrogen-bond acceptors (Lipinski definition) is 5. The number of benzene rings is 2. The molecule has 31 heavy (non-hydrogen) atoms. The van der Waals surface area contributed by atoms with E-state index < -0.39 is 11.9 Å². The molecule has 0 unspecified atom stereocenters. The lowest BCUT2D eigenvalue weighted by atomic mass is 10.2. The Morgan fingerprint density at radius 1 is 1.10 bits per heavy atom. The number of amides is 1. The smallest absolute Gasteiger partial charge is 0.348 e. The van der Waals surface area contributed by atoms with Crippen molar-refractivity contribution in [3.63, 3.8) is 0 Å². The molecule has 2 aromatic heterocycles. The zero-order valence-corrected chi connectivity index (χ0v) is 17.6. The van der Waals surface area contributed by atoms with Crippen molar-refractivity contribution in [1.82, 2.24) is 15.1 Å². The Bertz CT molecular complexity index is 1220. The lowest BCUT2D eigenvalue weighted by Crippen LogP contribution is -2.28. The third-order valence-corrected chi connectivity index (χ3v) is 5.85. The molecule has 2 aromatic carbocycles. The van der Waals surface area contributed by atoms with E-state index in [9.17, 15) is 14.0 Å². The minimum Gasteiger partial charge on any atom is -0.451 e. The molecule has 4 rings (SSSR count). The molecule has 1 N–H and O–H groups in total. The number of nitrogens with zero attached hydrogens (tertiary/aromatic N) is 2. The molecule has 0 aliphatic rings. The predicted octanol–water partition coefficient (Wildman–Crippen LogP) is 4.07. The number of hydrogen-bond donors (Lipinski definition) is 1. The molecule has 0 aliphatic heterocycles. The summed E-state index contributed by atoms with van der Waals surface area (Å²) in [6.07, 6.45) is 0. The van der Waals surface area contributed by atoms with Crippen LogP contribution in [0.15, 0.2) is 60.7 Å². The molecule has 2 heterocycles. The van der Waals surface area contributed by atoms with E-state index in [4.69, 9.17) is 4.74 Å². The topological polar surface area (TPSA) is 73.2 Å². The summed E-state index contributed by atoms with van der Waals surface area (Å²) < 4.78 is 20.0. The van der Waals surface area contributed by atoms with Crippen LogP contribution in [0.25, 0.3) is 10.2 Å². The van der Waals surface area contributed by atoms with E-state index in [1.807, 2.05) is 41.9 Å². The van der Waals surface area contributed by atoms with Crippen LogP contribution in [0, 0.1) is 12.7 Å². The number of aromatic nitrogens is 2. The highest BCUT2D eigenvalue weighted by molar-refractivity contribution is 7.20. The molecule has 0 bridgehead atoms. The number of aryl methyl sites for hydroxylation is 1. The van der Waals surface area contributed by atoms with Gasteiger partial charge in [0.25, 0.3) is 5.91 Å². The first-order chi connectivity index (χ1) is 15.0. The zero-order valence-electron chi connectivity index (χ0n) is 16.8. The van der Waals surface area contributed by atoms with Gasteiger partial charge in [-0.05, 0) is 36.2 Å². The van der Waals surface area contributed by atoms with Crippen LogP contribution in [0.1, 0.15) is 26.5 Å². The van der Waals surface area contributed by atoms with Crippen molar-refractivity contribution in [3.8, 4) is 0 Å². The largest absolute Gasteiger partial charge is 0.451 e. The maximum atomic E-state index is 12.9. The van der Waals surface area contributed by atoms with Crippen LogP contribution in [0.5, 0.6) is 0 Å². The minimum atomic E-state index is -0.552. The Morgan fingerprint density at radius 3 is 2.58 bits per heavy atom. The molecule has 0 spiro atoms. The van der Waals surface area contributed by atoms with Crippen LogP contribution in [0.3, 0.4) is 0 Å². The van der Waals surface area contributed by atoms with Crippen molar-refractivity contribution < 1.29 is 18.7 Å². The minimum absolute atomic E-state index is 0.230. The monoisotopic (exact) mass is 437 g/mol. The second kappa shape index (κ2) is 9.09. The second-order valence-corrected chi connectivity index (χ2v) is 8.07. The number of nitrogens with one attached hydrogen (secondary N) is 1. The first kappa shape index (κ1) is 20.7. The number of fused-ring (bicyclic) bond motifs is 1. The SMILES string of the molecule is Cc1nn(Cc2ccccc2)c2sc(C(=O)OCC(=O)NCc3ccc(F)cc3)cc12. The van der Waals surface area contributed by atoms with Crippen molar-refractivity contribution in [2.24, 2.45) is 0 Å². The van der Waals surface area contributed by atoms with E-state index in [2.05, 4.69) is 10.4 Å². The van der Waals surface area contributed by atoms with Crippen molar-refractivity contribution in [2.75, 3.05) is 6.61 Å². The number of thiophene rings is 1. The van der Waals surface area contributed by atoms with Crippen LogP contribution in [0.4, 0.5) is 4.39 Å². The van der Waals surface area contributed by atoms with Gasteiger partial charge in [-0.15, -0.1) is 11.3 Å². The fourth-order valence-corrected chi connectivity index (χ4v) is 4.19. The molecule has 4 aromatic rings. The van der Waals surface area contributed by atoms with Gasteiger partial charge in [-0.25, -0.2) is 9.18 Å². The second-order valence-electron chi connectivity index (χ2n) is 7.04. The van der Waals surface area contributed by atoms with Crippen molar-refractivity contribution in [1.29, 1.82) is 0 Å². The Balaban J connectivity index is 1.37. The van der Waals surface area contributed by atoms with Gasteiger partial charge in [0.15, 0.2) is 6.61 Å². The average Bonchev–Trinajstić information content (AvgIpc) is 3.34. The van der Waals surface area contributed by atoms with Crippen molar-refractivity contribution in [2.45, 2.75) is 20.0 Å². The molecule has 0 saturated carbocycles. The lowest BCUT2D eigenvalue weighted by Gasteiger charge is -2.06. The van der Waals surface area contributed by atoms with Crippen molar-refractivity contribution in [3.05, 3.63) is 88.2 Å². The summed E-state index contributed by atoms with van der Waals surface area (Å²) in [6, 6.07) is 17.5. The molecule has 0 radical (unpaired) electrons. The van der Waals surface area contributed by atoms with Gasteiger partial charge < -0.3 is 10.1 Å². The molecule has 0 fully saturated rings. The summed E-state index contributed by atoms with van der Waals surface area (Å²) in [5, 5.41) is 8.11. The average molecular weight is 437 g/mol. The Morgan fingerprint density at radius 2 is 1.84 bits per heavy atom. The van der Waals surface area contributed by atoms with Gasteiger partial charge in [0.05, 0.1) is 12.2 Å². The predicted molar refractivity (Wildman–Crippen MR) is 116 cm³/mol. The molecular weight excluding hydrogens is 417 g/mol. The molecule has 0 saturated heterocycles. The van der Waals surface area contributed by atoms with E-state index in [0.717, 1.165) is 27.0 Å². The third-order valence-electron chi connectivity index (χ3n) is 4.72. The summed E-state index contributed by atoms with van der Waals surface area (Å²) >= 11 is 1.29. The van der Waals surface area contributed by atoms with E-state index in [1.54, 1.807) is 18.2 Å². The standard InChI is InChI=1S/C23H20FN3O3S/c1-15-19-11-20(31-22(19)27(26-15)13-17-5-3-2-4-6-17)23(29)30-14-21(28)25-12-16-7-9-18(24)10-8-16/h2-11H,12-14H2,1H3,(H,25,28). The molecular formula is C23H20FN3O3S. The highest BCUT2D eigenvalue weighted by Crippen LogP contribution is 2.29. The van der Waals surface area contributed by atoms with Gasteiger partial charge in [0.2, 0.25) is 0 Å². The van der Waals surface area contributed by atoms with E-state index in [1.165, 1.54) is 23.5 Å². The fourth-order valence-electron chi connectivity index (χ4n) is 3.13. The fraction of sp³-hybridized carbons (Fsp3) is 0.174. The number of carbonyl (C=O) groups is 2. The first-order valence-corrected chi connectivity index (χ1v) is 10.5. The molecule has 6 nitrogen and oxygen atoms in total. The molecule has 8 heteroatoms. The number of carbonyl (C=O) groups excluding carboxylic acids is 2. The third kappa shape index (κ3) is 4.97. The Kier molecular flexibility index (Phi) is 6.08. The maximum Gasteiger partial charge on any atom is 0.348 e. The number of esters is 1. The van der Waals surface area contributed by atoms with Crippen LogP contribution in [-0.2, 0) is 22.6 Å². The lowest BCUT2D eigenvalue weighted by molar-refractivity contribution is -0.124. The molecule has 0 aliphatic carbocycles. The van der Waals surface area contributed by atoms with E-state index in [0.29, 0.717) is 11.4 Å². The Hall–Kier alpha value is -3.52. The van der Waals surface area contributed by atoms with Gasteiger partial charge in [-0.2, -0.15) is 5.10 Å². The van der Waals surface area contributed by atoms with Crippen LogP contribution < -0.4 is 5.32 Å². The van der Waals surface area contributed by atoms with Crippen LogP contribution in [-0.4, -0.2) is 28.3 Å². The van der Waals surface area contributed by atoms with Gasteiger partial charge >= 0.3 is 5.97 Å². The summed E-state index contributed by atoms with van der Waals surface area (Å²) in [7, 11) is 0. The highest BCUT2D eigenvalue weighted by Gasteiger charge is 2.18. The van der Waals surface area contributed by atoms with Crippen molar-refractivity contribution >= 4 is 33.4 Å².